The first kappa shape index (κ1) is 13.8. The number of rotatable bonds is 4. The van der Waals surface area contributed by atoms with Crippen molar-refractivity contribution in [3.63, 3.8) is 0 Å². The molecule has 5 heteroatoms. The fraction of sp³-hybridized carbons (Fsp3) is 0.571. The Morgan fingerprint density at radius 3 is 2.53 bits per heavy atom. The molecule has 1 aliphatic rings. The van der Waals surface area contributed by atoms with Crippen molar-refractivity contribution in [2.24, 2.45) is 0 Å². The molecule has 1 fully saturated rings. The van der Waals surface area contributed by atoms with E-state index in [0.29, 0.717) is 5.69 Å². The highest BCUT2D eigenvalue weighted by Gasteiger charge is 2.15. The van der Waals surface area contributed by atoms with Crippen molar-refractivity contribution in [1.82, 2.24) is 4.90 Å². The van der Waals surface area contributed by atoms with E-state index in [1.165, 1.54) is 25.7 Å². The maximum atomic E-state index is 10.9. The topological polar surface area (TPSA) is 58.4 Å². The first-order valence-corrected chi connectivity index (χ1v) is 6.88. The van der Waals surface area contributed by atoms with E-state index in [2.05, 4.69) is 10.2 Å². The summed E-state index contributed by atoms with van der Waals surface area (Å²) in [5, 5.41) is 13.8. The fourth-order valence-electron chi connectivity index (χ4n) is 2.59. The van der Waals surface area contributed by atoms with Crippen molar-refractivity contribution in [2.75, 3.05) is 25.5 Å². The SMILES string of the molecule is CNc1cc(CN2CCCCCC2)ccc1[N+](=O)[O-]. The molecule has 0 spiro atoms. The molecule has 19 heavy (non-hydrogen) atoms. The maximum absolute atomic E-state index is 10.9. The average molecular weight is 263 g/mol. The van der Waals surface area contributed by atoms with Crippen molar-refractivity contribution in [3.8, 4) is 0 Å². The van der Waals surface area contributed by atoms with Gasteiger partial charge in [0.05, 0.1) is 4.92 Å². The first-order valence-electron chi connectivity index (χ1n) is 6.88. The second-order valence-corrected chi connectivity index (χ2v) is 5.05. The zero-order valence-electron chi connectivity index (χ0n) is 11.4. The highest BCUT2D eigenvalue weighted by Crippen LogP contribution is 2.25. The summed E-state index contributed by atoms with van der Waals surface area (Å²) in [6.45, 7) is 3.14. The number of hydrogen-bond donors (Lipinski definition) is 1. The van der Waals surface area contributed by atoms with Gasteiger partial charge in [-0.1, -0.05) is 18.9 Å². The molecule has 0 amide bonds. The smallest absolute Gasteiger partial charge is 0.292 e. The van der Waals surface area contributed by atoms with E-state index >= 15 is 0 Å². The molecular weight excluding hydrogens is 242 g/mol. The Hall–Kier alpha value is -1.62. The summed E-state index contributed by atoms with van der Waals surface area (Å²) in [7, 11) is 1.72. The van der Waals surface area contributed by atoms with Crippen molar-refractivity contribution in [2.45, 2.75) is 32.2 Å². The van der Waals surface area contributed by atoms with Crippen LogP contribution in [0, 0.1) is 10.1 Å². The molecule has 1 saturated heterocycles. The van der Waals surface area contributed by atoms with Crippen LogP contribution in [0.4, 0.5) is 11.4 Å². The van der Waals surface area contributed by atoms with Crippen LogP contribution in [0.5, 0.6) is 0 Å². The molecule has 1 heterocycles. The number of hydrogen-bond acceptors (Lipinski definition) is 4. The summed E-state index contributed by atoms with van der Waals surface area (Å²) >= 11 is 0. The number of nitro groups is 1. The van der Waals surface area contributed by atoms with Gasteiger partial charge in [-0.05, 0) is 37.6 Å². The van der Waals surface area contributed by atoms with Crippen molar-refractivity contribution < 1.29 is 4.92 Å². The van der Waals surface area contributed by atoms with Crippen LogP contribution in [0.3, 0.4) is 0 Å². The highest BCUT2D eigenvalue weighted by molar-refractivity contribution is 5.62. The van der Waals surface area contributed by atoms with Gasteiger partial charge >= 0.3 is 0 Å². The number of nitro benzene ring substituents is 1. The number of likely N-dealkylation sites (tertiary alicyclic amines) is 1. The van der Waals surface area contributed by atoms with Crippen molar-refractivity contribution in [3.05, 3.63) is 33.9 Å². The number of anilines is 1. The zero-order valence-corrected chi connectivity index (χ0v) is 11.4. The minimum absolute atomic E-state index is 0.141. The van der Waals surface area contributed by atoms with Crippen molar-refractivity contribution in [1.29, 1.82) is 0 Å². The van der Waals surface area contributed by atoms with Gasteiger partial charge in [-0.15, -0.1) is 0 Å². The van der Waals surface area contributed by atoms with Crippen LogP contribution in [-0.2, 0) is 6.54 Å². The van der Waals surface area contributed by atoms with E-state index in [1.807, 2.05) is 12.1 Å². The summed E-state index contributed by atoms with van der Waals surface area (Å²) in [5.74, 6) is 0. The maximum Gasteiger partial charge on any atom is 0.292 e. The Labute approximate surface area is 113 Å². The molecule has 0 aliphatic carbocycles. The van der Waals surface area contributed by atoms with E-state index in [1.54, 1.807) is 13.1 Å². The van der Waals surface area contributed by atoms with E-state index in [-0.39, 0.29) is 10.6 Å². The van der Waals surface area contributed by atoms with Gasteiger partial charge in [0.15, 0.2) is 0 Å². The molecule has 0 atom stereocenters. The van der Waals surface area contributed by atoms with Crippen LogP contribution < -0.4 is 5.32 Å². The molecule has 1 N–H and O–H groups in total. The Morgan fingerprint density at radius 1 is 1.26 bits per heavy atom. The molecule has 5 nitrogen and oxygen atoms in total. The monoisotopic (exact) mass is 263 g/mol. The molecule has 1 aromatic carbocycles. The van der Waals surface area contributed by atoms with E-state index < -0.39 is 0 Å². The summed E-state index contributed by atoms with van der Waals surface area (Å²) in [4.78, 5) is 13.0. The van der Waals surface area contributed by atoms with Gasteiger partial charge in [-0.25, -0.2) is 0 Å². The molecule has 2 rings (SSSR count). The molecule has 1 aromatic rings. The Balaban J connectivity index is 2.09. The molecule has 0 unspecified atom stereocenters. The molecule has 0 saturated carbocycles. The lowest BCUT2D eigenvalue weighted by Crippen LogP contribution is -2.24. The number of nitrogens with zero attached hydrogens (tertiary/aromatic N) is 2. The number of benzene rings is 1. The van der Waals surface area contributed by atoms with Crippen LogP contribution in [0.15, 0.2) is 18.2 Å². The van der Waals surface area contributed by atoms with Crippen molar-refractivity contribution >= 4 is 11.4 Å². The van der Waals surface area contributed by atoms with Crippen LogP contribution in [0.25, 0.3) is 0 Å². The third-order valence-electron chi connectivity index (χ3n) is 3.63. The van der Waals surface area contributed by atoms with Crippen LogP contribution >= 0.6 is 0 Å². The minimum Gasteiger partial charge on any atom is -0.383 e. The van der Waals surface area contributed by atoms with Gasteiger partial charge < -0.3 is 5.32 Å². The predicted molar refractivity (Wildman–Crippen MR) is 76.4 cm³/mol. The molecule has 0 radical (unpaired) electrons. The second-order valence-electron chi connectivity index (χ2n) is 5.05. The largest absolute Gasteiger partial charge is 0.383 e. The van der Waals surface area contributed by atoms with Gasteiger partial charge in [0.1, 0.15) is 5.69 Å². The normalized spacial score (nSPS) is 16.9. The third kappa shape index (κ3) is 3.67. The highest BCUT2D eigenvalue weighted by atomic mass is 16.6. The molecule has 1 aliphatic heterocycles. The predicted octanol–water partition coefficient (Wildman–Crippen LogP) is 3.01. The molecule has 0 aromatic heterocycles. The van der Waals surface area contributed by atoms with E-state index in [4.69, 9.17) is 0 Å². The lowest BCUT2D eigenvalue weighted by molar-refractivity contribution is -0.384. The van der Waals surface area contributed by atoms with Gasteiger partial charge in [-0.2, -0.15) is 0 Å². The Morgan fingerprint density at radius 2 is 1.95 bits per heavy atom. The summed E-state index contributed by atoms with van der Waals surface area (Å²) < 4.78 is 0. The number of nitrogens with one attached hydrogen (secondary N) is 1. The summed E-state index contributed by atoms with van der Waals surface area (Å²) in [6.07, 6.45) is 5.15. The third-order valence-corrected chi connectivity index (χ3v) is 3.63. The lowest BCUT2D eigenvalue weighted by Gasteiger charge is -2.20. The molecule has 0 bridgehead atoms. The summed E-state index contributed by atoms with van der Waals surface area (Å²) in [5.41, 5.74) is 1.87. The zero-order chi connectivity index (χ0) is 13.7. The van der Waals surface area contributed by atoms with E-state index in [0.717, 1.165) is 25.2 Å². The average Bonchev–Trinajstić information content (AvgIpc) is 2.67. The minimum atomic E-state index is -0.346. The quantitative estimate of drug-likeness (QED) is 0.670. The Kier molecular flexibility index (Phi) is 4.74. The molecule has 104 valence electrons. The summed E-state index contributed by atoms with van der Waals surface area (Å²) in [6, 6.07) is 5.35. The standard InChI is InChI=1S/C14H21N3O2/c1-15-13-10-12(6-7-14(13)17(18)19)11-16-8-4-2-3-5-9-16/h6-7,10,15H,2-5,8-9,11H2,1H3. The van der Waals surface area contributed by atoms with Crippen LogP contribution in [-0.4, -0.2) is 30.0 Å². The Bertz CT molecular complexity index is 440. The van der Waals surface area contributed by atoms with Gasteiger partial charge in [0.2, 0.25) is 0 Å². The van der Waals surface area contributed by atoms with Gasteiger partial charge in [-0.3, -0.25) is 15.0 Å². The van der Waals surface area contributed by atoms with Crippen LogP contribution in [0.1, 0.15) is 31.2 Å². The lowest BCUT2D eigenvalue weighted by atomic mass is 10.1. The van der Waals surface area contributed by atoms with E-state index in [9.17, 15) is 10.1 Å². The first-order chi connectivity index (χ1) is 9.20. The second kappa shape index (κ2) is 6.52. The van der Waals surface area contributed by atoms with Crippen LogP contribution in [0.2, 0.25) is 0 Å². The van der Waals surface area contributed by atoms with Gasteiger partial charge in [0.25, 0.3) is 5.69 Å². The molecular formula is C14H21N3O2. The fourth-order valence-corrected chi connectivity index (χ4v) is 2.59. The van der Waals surface area contributed by atoms with Gasteiger partial charge in [0, 0.05) is 19.7 Å².